The molecule has 0 bridgehead atoms. The highest BCUT2D eigenvalue weighted by molar-refractivity contribution is 5.85. The fourth-order valence-electron chi connectivity index (χ4n) is 3.68. The first-order chi connectivity index (χ1) is 13.2. The van der Waals surface area contributed by atoms with E-state index in [4.69, 9.17) is 9.47 Å². The van der Waals surface area contributed by atoms with Crippen LogP contribution in [0.3, 0.4) is 0 Å². The van der Waals surface area contributed by atoms with Crippen molar-refractivity contribution in [3.05, 3.63) is 59.7 Å². The van der Waals surface area contributed by atoms with Crippen molar-refractivity contribution >= 4 is 24.8 Å². The Morgan fingerprint density at radius 2 is 1.66 bits per heavy atom. The van der Waals surface area contributed by atoms with Gasteiger partial charge in [0, 0.05) is 32.2 Å². The van der Waals surface area contributed by atoms with Gasteiger partial charge in [-0.2, -0.15) is 0 Å². The van der Waals surface area contributed by atoms with Crippen LogP contribution in [0, 0.1) is 5.92 Å². The highest BCUT2D eigenvalue weighted by Gasteiger charge is 2.24. The Bertz CT molecular complexity index is 707. The number of methoxy groups -OCH3 is 1. The SMILES string of the molecule is COc1cc([C@H](CC(C)C)N2CCNCC2)ccc1OCc1ccccc1.Cl.Cl. The van der Waals surface area contributed by atoms with Crippen LogP contribution in [0.4, 0.5) is 0 Å². The van der Waals surface area contributed by atoms with Crippen molar-refractivity contribution in [1.82, 2.24) is 10.2 Å². The van der Waals surface area contributed by atoms with Crippen molar-refractivity contribution in [2.75, 3.05) is 33.3 Å². The summed E-state index contributed by atoms with van der Waals surface area (Å²) in [6.45, 7) is 9.43. The lowest BCUT2D eigenvalue weighted by Crippen LogP contribution is -2.45. The molecule has 0 radical (unpaired) electrons. The Kier molecular flexibility index (Phi) is 11.4. The maximum absolute atomic E-state index is 6.03. The molecule has 1 aliphatic heterocycles. The van der Waals surface area contributed by atoms with E-state index in [2.05, 4.69) is 54.4 Å². The number of halogens is 2. The zero-order valence-electron chi connectivity index (χ0n) is 17.6. The molecule has 6 heteroatoms. The Morgan fingerprint density at radius 1 is 0.966 bits per heavy atom. The topological polar surface area (TPSA) is 33.7 Å². The third-order valence-electron chi connectivity index (χ3n) is 5.10. The van der Waals surface area contributed by atoms with E-state index in [1.54, 1.807) is 7.11 Å². The van der Waals surface area contributed by atoms with Crippen molar-refractivity contribution in [3.8, 4) is 11.5 Å². The Balaban J connectivity index is 0.00000210. The molecule has 3 rings (SSSR count). The van der Waals surface area contributed by atoms with Gasteiger partial charge in [0.05, 0.1) is 7.11 Å². The summed E-state index contributed by atoms with van der Waals surface area (Å²) < 4.78 is 11.7. The van der Waals surface area contributed by atoms with Crippen LogP contribution in [-0.4, -0.2) is 38.2 Å². The molecule has 1 aliphatic rings. The maximum Gasteiger partial charge on any atom is 0.161 e. The minimum Gasteiger partial charge on any atom is -0.493 e. The van der Waals surface area contributed by atoms with E-state index in [0.717, 1.165) is 49.7 Å². The van der Waals surface area contributed by atoms with Crippen LogP contribution in [0.1, 0.15) is 37.4 Å². The number of nitrogens with one attached hydrogen (secondary N) is 1. The van der Waals surface area contributed by atoms with E-state index in [1.807, 2.05) is 18.2 Å². The zero-order valence-corrected chi connectivity index (χ0v) is 19.2. The summed E-state index contributed by atoms with van der Waals surface area (Å²) in [4.78, 5) is 2.59. The monoisotopic (exact) mass is 440 g/mol. The molecule has 0 saturated carbocycles. The molecule has 1 fully saturated rings. The molecule has 4 nitrogen and oxygen atoms in total. The third kappa shape index (κ3) is 7.38. The van der Waals surface area contributed by atoms with Crippen LogP contribution in [-0.2, 0) is 6.61 Å². The quantitative estimate of drug-likeness (QED) is 0.617. The summed E-state index contributed by atoms with van der Waals surface area (Å²) in [5.74, 6) is 2.26. The lowest BCUT2D eigenvalue weighted by atomic mass is 9.94. The average Bonchev–Trinajstić information content (AvgIpc) is 2.71. The van der Waals surface area contributed by atoms with Crippen molar-refractivity contribution < 1.29 is 9.47 Å². The number of benzene rings is 2. The minimum absolute atomic E-state index is 0. The fraction of sp³-hybridized carbons (Fsp3) is 0.478. The van der Waals surface area contributed by atoms with Gasteiger partial charge in [-0.15, -0.1) is 24.8 Å². The molecule has 0 aliphatic carbocycles. The third-order valence-corrected chi connectivity index (χ3v) is 5.10. The lowest BCUT2D eigenvalue weighted by Gasteiger charge is -2.36. The smallest absolute Gasteiger partial charge is 0.161 e. The summed E-state index contributed by atoms with van der Waals surface area (Å²) in [5, 5.41) is 3.45. The van der Waals surface area contributed by atoms with Gasteiger partial charge >= 0.3 is 0 Å². The van der Waals surface area contributed by atoms with Crippen LogP contribution in [0.5, 0.6) is 11.5 Å². The van der Waals surface area contributed by atoms with Gasteiger partial charge in [-0.25, -0.2) is 0 Å². The molecule has 0 unspecified atom stereocenters. The van der Waals surface area contributed by atoms with Crippen molar-refractivity contribution in [1.29, 1.82) is 0 Å². The van der Waals surface area contributed by atoms with Crippen LogP contribution < -0.4 is 14.8 Å². The van der Waals surface area contributed by atoms with Crippen molar-refractivity contribution in [2.24, 2.45) is 5.92 Å². The molecule has 29 heavy (non-hydrogen) atoms. The molecule has 0 spiro atoms. The van der Waals surface area contributed by atoms with E-state index in [-0.39, 0.29) is 24.8 Å². The van der Waals surface area contributed by atoms with E-state index in [1.165, 1.54) is 5.56 Å². The molecular weight excluding hydrogens is 407 g/mol. The summed E-state index contributed by atoms with van der Waals surface area (Å²) >= 11 is 0. The highest BCUT2D eigenvalue weighted by atomic mass is 35.5. The van der Waals surface area contributed by atoms with Gasteiger partial charge in [0.1, 0.15) is 6.61 Å². The molecule has 2 aromatic rings. The van der Waals surface area contributed by atoms with Crippen molar-refractivity contribution in [3.63, 3.8) is 0 Å². The molecule has 1 N–H and O–H groups in total. The van der Waals surface area contributed by atoms with Gasteiger partial charge in [-0.1, -0.05) is 50.2 Å². The first-order valence-electron chi connectivity index (χ1n) is 9.97. The molecule has 1 atom stereocenters. The van der Waals surface area contributed by atoms with Crippen LogP contribution in [0.2, 0.25) is 0 Å². The number of rotatable bonds is 8. The Morgan fingerprint density at radius 3 is 2.28 bits per heavy atom. The Hall–Kier alpha value is -1.46. The first-order valence-corrected chi connectivity index (χ1v) is 9.97. The second kappa shape index (κ2) is 13.0. The molecule has 2 aromatic carbocycles. The molecule has 1 saturated heterocycles. The van der Waals surface area contributed by atoms with Gasteiger partial charge in [0.25, 0.3) is 0 Å². The van der Waals surface area contributed by atoms with Gasteiger partial charge < -0.3 is 14.8 Å². The Labute approximate surface area is 187 Å². The number of ether oxygens (including phenoxy) is 2. The number of hydrogen-bond acceptors (Lipinski definition) is 4. The standard InChI is InChI=1S/C23H32N2O2.2ClH/c1-18(2)15-21(25-13-11-24-12-14-25)20-9-10-22(23(16-20)26-3)27-17-19-7-5-4-6-8-19;;/h4-10,16,18,21,24H,11-15,17H2,1-3H3;2*1H/t21-;;/m0../s1. The van der Waals surface area contributed by atoms with Crippen LogP contribution >= 0.6 is 24.8 Å². The second-order valence-electron chi connectivity index (χ2n) is 7.62. The maximum atomic E-state index is 6.03. The van der Waals surface area contributed by atoms with E-state index >= 15 is 0 Å². The molecule has 1 heterocycles. The van der Waals surface area contributed by atoms with E-state index < -0.39 is 0 Å². The number of piperazine rings is 1. The summed E-state index contributed by atoms with van der Waals surface area (Å²) in [6, 6.07) is 17.1. The second-order valence-corrected chi connectivity index (χ2v) is 7.62. The molecular formula is C23H34Cl2N2O2. The molecule has 162 valence electrons. The fourth-order valence-corrected chi connectivity index (χ4v) is 3.68. The lowest BCUT2D eigenvalue weighted by molar-refractivity contribution is 0.153. The van der Waals surface area contributed by atoms with Gasteiger partial charge in [0.15, 0.2) is 11.5 Å². The van der Waals surface area contributed by atoms with Crippen LogP contribution in [0.15, 0.2) is 48.5 Å². The summed E-state index contributed by atoms with van der Waals surface area (Å²) in [6.07, 6.45) is 1.15. The minimum atomic E-state index is 0. The molecule has 0 aromatic heterocycles. The largest absolute Gasteiger partial charge is 0.493 e. The van der Waals surface area contributed by atoms with Gasteiger partial charge in [-0.05, 0) is 35.6 Å². The summed E-state index contributed by atoms with van der Waals surface area (Å²) in [5.41, 5.74) is 2.47. The van der Waals surface area contributed by atoms with Gasteiger partial charge in [0.2, 0.25) is 0 Å². The first kappa shape index (κ1) is 25.6. The van der Waals surface area contributed by atoms with Crippen LogP contribution in [0.25, 0.3) is 0 Å². The number of nitrogens with zero attached hydrogens (tertiary/aromatic N) is 1. The van der Waals surface area contributed by atoms with E-state index in [9.17, 15) is 0 Å². The summed E-state index contributed by atoms with van der Waals surface area (Å²) in [7, 11) is 1.72. The number of hydrogen-bond donors (Lipinski definition) is 1. The zero-order chi connectivity index (χ0) is 19.1. The highest BCUT2D eigenvalue weighted by Crippen LogP contribution is 2.35. The normalized spacial score (nSPS) is 15.2. The van der Waals surface area contributed by atoms with Gasteiger partial charge in [-0.3, -0.25) is 4.90 Å². The predicted octanol–water partition coefficient (Wildman–Crippen LogP) is 5.11. The van der Waals surface area contributed by atoms with Crippen molar-refractivity contribution in [2.45, 2.75) is 32.9 Å². The predicted molar refractivity (Wildman–Crippen MR) is 125 cm³/mol. The molecule has 0 amide bonds. The average molecular weight is 441 g/mol. The van der Waals surface area contributed by atoms with E-state index in [0.29, 0.717) is 18.6 Å².